The first-order chi connectivity index (χ1) is 15.1. The molecule has 3 rings (SSSR count). The third-order valence-corrected chi connectivity index (χ3v) is 6.59. The van der Waals surface area contributed by atoms with Crippen LogP contribution in [0.3, 0.4) is 0 Å². The van der Waals surface area contributed by atoms with Gasteiger partial charge in [-0.05, 0) is 101 Å². The third kappa shape index (κ3) is 7.12. The number of carbonyl (C=O) groups is 2. The second-order valence-corrected chi connectivity index (χ2v) is 8.83. The molecular weight excluding hydrogens is 392 g/mol. The quantitative estimate of drug-likeness (QED) is 0.295. The van der Waals surface area contributed by atoms with E-state index in [0.29, 0.717) is 24.2 Å². The molecule has 2 fully saturated rings. The van der Waals surface area contributed by atoms with Crippen LogP contribution in [0.4, 0.5) is 0 Å². The minimum Gasteiger partial charge on any atom is -0.494 e. The Morgan fingerprint density at radius 2 is 1.48 bits per heavy atom. The maximum atomic E-state index is 12.6. The lowest BCUT2D eigenvalue weighted by Gasteiger charge is -2.37. The van der Waals surface area contributed by atoms with Crippen LogP contribution in [0.1, 0.15) is 71.6 Å². The van der Waals surface area contributed by atoms with E-state index >= 15 is 0 Å². The van der Waals surface area contributed by atoms with Gasteiger partial charge < -0.3 is 14.2 Å². The van der Waals surface area contributed by atoms with Crippen LogP contribution in [0.25, 0.3) is 0 Å². The molecule has 170 valence electrons. The molecule has 0 heterocycles. The molecule has 2 saturated carbocycles. The van der Waals surface area contributed by atoms with E-state index in [9.17, 15) is 9.59 Å². The van der Waals surface area contributed by atoms with Gasteiger partial charge in [0.25, 0.3) is 0 Å². The Labute approximate surface area is 186 Å². The van der Waals surface area contributed by atoms with E-state index in [-0.39, 0.29) is 24.0 Å². The summed E-state index contributed by atoms with van der Waals surface area (Å²) in [6.07, 6.45) is 12.3. The maximum Gasteiger partial charge on any atom is 0.330 e. The van der Waals surface area contributed by atoms with Crippen LogP contribution < -0.4 is 9.47 Å². The fourth-order valence-corrected chi connectivity index (χ4v) is 4.87. The Kier molecular flexibility index (Phi) is 8.98. The lowest BCUT2D eigenvalue weighted by Crippen LogP contribution is -2.31. The van der Waals surface area contributed by atoms with E-state index in [1.165, 1.54) is 6.08 Å². The van der Waals surface area contributed by atoms with Crippen LogP contribution >= 0.6 is 0 Å². The number of hydrogen-bond acceptors (Lipinski definition) is 5. The van der Waals surface area contributed by atoms with Crippen molar-refractivity contribution in [2.24, 2.45) is 17.8 Å². The van der Waals surface area contributed by atoms with Gasteiger partial charge in [0.2, 0.25) is 0 Å². The Morgan fingerprint density at radius 1 is 0.903 bits per heavy atom. The monoisotopic (exact) mass is 428 g/mol. The van der Waals surface area contributed by atoms with Gasteiger partial charge in [0.15, 0.2) is 0 Å². The van der Waals surface area contributed by atoms with Crippen molar-refractivity contribution in [1.29, 1.82) is 0 Å². The molecule has 5 heteroatoms. The molecule has 1 aromatic rings. The molecule has 0 aliphatic heterocycles. The molecular formula is C26H36O5. The standard InChI is InChI=1S/C26H36O5/c1-3-5-25(27)30-23-12-10-20(11-13-23)19-6-8-21(9-7-19)26(28)31-24-16-14-22(15-17-24)29-18-4-2/h3,5,14-17,19-21,23H,4,6-13,18H2,1-2H3/b5-3+. The molecule has 0 saturated heterocycles. The van der Waals surface area contributed by atoms with Gasteiger partial charge in [-0.3, -0.25) is 4.79 Å². The minimum absolute atomic E-state index is 0.00890. The first-order valence-corrected chi connectivity index (χ1v) is 11.9. The third-order valence-electron chi connectivity index (χ3n) is 6.59. The first kappa shape index (κ1) is 23.4. The van der Waals surface area contributed by atoms with Crippen molar-refractivity contribution in [2.45, 2.75) is 77.7 Å². The molecule has 0 bridgehead atoms. The fraction of sp³-hybridized carbons (Fsp3) is 0.615. The van der Waals surface area contributed by atoms with Gasteiger partial charge in [-0.2, -0.15) is 0 Å². The normalized spacial score (nSPS) is 26.4. The Morgan fingerprint density at radius 3 is 2.06 bits per heavy atom. The average Bonchev–Trinajstić information content (AvgIpc) is 2.79. The van der Waals surface area contributed by atoms with E-state index in [2.05, 4.69) is 6.92 Å². The Hall–Kier alpha value is -2.30. The smallest absolute Gasteiger partial charge is 0.330 e. The predicted molar refractivity (Wildman–Crippen MR) is 120 cm³/mol. The zero-order chi connectivity index (χ0) is 22.1. The molecule has 1 aromatic carbocycles. The molecule has 0 atom stereocenters. The van der Waals surface area contributed by atoms with Crippen LogP contribution in [-0.4, -0.2) is 24.6 Å². The van der Waals surface area contributed by atoms with Crippen LogP contribution in [-0.2, 0) is 14.3 Å². The van der Waals surface area contributed by atoms with Gasteiger partial charge in [-0.1, -0.05) is 13.0 Å². The van der Waals surface area contributed by atoms with Crippen LogP contribution in [0.2, 0.25) is 0 Å². The maximum absolute atomic E-state index is 12.6. The summed E-state index contributed by atoms with van der Waals surface area (Å²) < 4.78 is 16.7. The van der Waals surface area contributed by atoms with E-state index in [4.69, 9.17) is 14.2 Å². The van der Waals surface area contributed by atoms with Gasteiger partial charge in [-0.15, -0.1) is 0 Å². The molecule has 0 radical (unpaired) electrons. The highest BCUT2D eigenvalue weighted by Crippen LogP contribution is 2.41. The van der Waals surface area contributed by atoms with Crippen molar-refractivity contribution in [3.63, 3.8) is 0 Å². The van der Waals surface area contributed by atoms with Crippen molar-refractivity contribution in [2.75, 3.05) is 6.61 Å². The summed E-state index contributed by atoms with van der Waals surface area (Å²) in [5.41, 5.74) is 0. The van der Waals surface area contributed by atoms with Gasteiger partial charge >= 0.3 is 11.9 Å². The second kappa shape index (κ2) is 11.9. The highest BCUT2D eigenvalue weighted by Gasteiger charge is 2.34. The van der Waals surface area contributed by atoms with Gasteiger partial charge in [0.05, 0.1) is 12.5 Å². The summed E-state index contributed by atoms with van der Waals surface area (Å²) in [6.45, 7) is 4.58. The van der Waals surface area contributed by atoms with Crippen molar-refractivity contribution in [3.8, 4) is 11.5 Å². The number of esters is 2. The molecule has 2 aliphatic carbocycles. The zero-order valence-electron chi connectivity index (χ0n) is 18.9. The number of rotatable bonds is 8. The highest BCUT2D eigenvalue weighted by molar-refractivity contribution is 5.81. The Bertz CT molecular complexity index is 723. The van der Waals surface area contributed by atoms with E-state index in [1.807, 2.05) is 19.1 Å². The zero-order valence-corrected chi connectivity index (χ0v) is 18.9. The number of hydrogen-bond donors (Lipinski definition) is 0. The lowest BCUT2D eigenvalue weighted by atomic mass is 9.70. The lowest BCUT2D eigenvalue weighted by molar-refractivity contribution is -0.145. The largest absolute Gasteiger partial charge is 0.494 e. The predicted octanol–water partition coefficient (Wildman–Crippen LogP) is 5.87. The molecule has 0 amide bonds. The summed E-state index contributed by atoms with van der Waals surface area (Å²) in [4.78, 5) is 24.2. The summed E-state index contributed by atoms with van der Waals surface area (Å²) in [7, 11) is 0. The van der Waals surface area contributed by atoms with Crippen molar-refractivity contribution >= 4 is 11.9 Å². The van der Waals surface area contributed by atoms with Crippen molar-refractivity contribution < 1.29 is 23.8 Å². The van der Waals surface area contributed by atoms with Crippen molar-refractivity contribution in [3.05, 3.63) is 36.4 Å². The van der Waals surface area contributed by atoms with Crippen LogP contribution in [0, 0.1) is 17.8 Å². The van der Waals surface area contributed by atoms with Gasteiger partial charge in [0.1, 0.15) is 17.6 Å². The number of benzene rings is 1. The second-order valence-electron chi connectivity index (χ2n) is 8.83. The molecule has 31 heavy (non-hydrogen) atoms. The van der Waals surface area contributed by atoms with Gasteiger partial charge in [-0.25, -0.2) is 4.79 Å². The van der Waals surface area contributed by atoms with Crippen LogP contribution in [0.15, 0.2) is 36.4 Å². The summed E-state index contributed by atoms with van der Waals surface area (Å²) >= 11 is 0. The minimum atomic E-state index is -0.229. The average molecular weight is 429 g/mol. The van der Waals surface area contributed by atoms with E-state index < -0.39 is 0 Å². The molecule has 0 unspecified atom stereocenters. The fourth-order valence-electron chi connectivity index (χ4n) is 4.87. The number of allylic oxidation sites excluding steroid dienone is 1. The highest BCUT2D eigenvalue weighted by atomic mass is 16.5. The molecule has 5 nitrogen and oxygen atoms in total. The molecule has 2 aliphatic rings. The summed E-state index contributed by atoms with van der Waals surface area (Å²) in [5.74, 6) is 2.39. The summed E-state index contributed by atoms with van der Waals surface area (Å²) in [6, 6.07) is 7.30. The molecule has 0 aromatic heterocycles. The van der Waals surface area contributed by atoms with Crippen LogP contribution in [0.5, 0.6) is 11.5 Å². The number of carbonyl (C=O) groups excluding carboxylic acids is 2. The van der Waals surface area contributed by atoms with E-state index in [0.717, 1.165) is 63.5 Å². The van der Waals surface area contributed by atoms with Crippen molar-refractivity contribution in [1.82, 2.24) is 0 Å². The summed E-state index contributed by atoms with van der Waals surface area (Å²) in [5, 5.41) is 0. The number of ether oxygens (including phenoxy) is 3. The molecule has 0 N–H and O–H groups in total. The first-order valence-electron chi connectivity index (χ1n) is 11.9. The molecule has 0 spiro atoms. The SMILES string of the molecule is C/C=C/C(=O)OC1CCC(C2CCC(C(=O)Oc3ccc(OCCC)cc3)CC2)CC1. The van der Waals surface area contributed by atoms with E-state index in [1.54, 1.807) is 18.2 Å². The Balaban J connectivity index is 1.38. The van der Waals surface area contributed by atoms with Gasteiger partial charge in [0, 0.05) is 6.08 Å². The topological polar surface area (TPSA) is 61.8 Å².